The predicted octanol–water partition coefficient (Wildman–Crippen LogP) is 2.37. The number of guanidine groups is 1. The van der Waals surface area contributed by atoms with Crippen LogP contribution in [-0.2, 0) is 15.9 Å². The molecule has 1 unspecified atom stereocenters. The van der Waals surface area contributed by atoms with Gasteiger partial charge in [0.05, 0.1) is 13.2 Å². The lowest BCUT2D eigenvalue weighted by Gasteiger charge is -2.12. The van der Waals surface area contributed by atoms with Gasteiger partial charge in [-0.15, -0.1) is 0 Å². The maximum absolute atomic E-state index is 12.9. The van der Waals surface area contributed by atoms with Crippen LogP contribution in [0, 0.1) is 11.7 Å². The Morgan fingerprint density at radius 2 is 2.16 bits per heavy atom. The molecule has 140 valence electrons. The molecule has 0 amide bonds. The minimum atomic E-state index is -0.200. The van der Waals surface area contributed by atoms with Crippen LogP contribution in [0.15, 0.2) is 29.3 Å². The van der Waals surface area contributed by atoms with Gasteiger partial charge < -0.3 is 20.1 Å². The third-order valence-electron chi connectivity index (χ3n) is 4.06. The molecule has 25 heavy (non-hydrogen) atoms. The van der Waals surface area contributed by atoms with Crippen LogP contribution < -0.4 is 10.6 Å². The van der Waals surface area contributed by atoms with E-state index < -0.39 is 0 Å². The maximum atomic E-state index is 12.9. The van der Waals surface area contributed by atoms with Crippen LogP contribution in [0.3, 0.4) is 0 Å². The minimum Gasteiger partial charge on any atom is -0.381 e. The summed E-state index contributed by atoms with van der Waals surface area (Å²) < 4.78 is 23.9. The number of nitrogens with zero attached hydrogens (tertiary/aromatic N) is 1. The third kappa shape index (κ3) is 8.31. The van der Waals surface area contributed by atoms with Crippen molar-refractivity contribution < 1.29 is 13.9 Å². The first-order chi connectivity index (χ1) is 12.3. The van der Waals surface area contributed by atoms with Gasteiger partial charge in [0.15, 0.2) is 5.96 Å². The smallest absolute Gasteiger partial charge is 0.191 e. The van der Waals surface area contributed by atoms with E-state index in [0.717, 1.165) is 76.8 Å². The number of benzene rings is 1. The third-order valence-corrected chi connectivity index (χ3v) is 4.06. The molecular weight excluding hydrogens is 321 g/mol. The molecule has 1 heterocycles. The van der Waals surface area contributed by atoms with E-state index in [4.69, 9.17) is 9.47 Å². The average Bonchev–Trinajstić information content (AvgIpc) is 3.13. The first kappa shape index (κ1) is 19.7. The minimum absolute atomic E-state index is 0.200. The number of rotatable bonds is 10. The molecule has 1 aromatic rings. The summed E-state index contributed by atoms with van der Waals surface area (Å²) in [5.41, 5.74) is 1.11. The van der Waals surface area contributed by atoms with Crippen molar-refractivity contribution >= 4 is 5.96 Å². The van der Waals surface area contributed by atoms with E-state index in [-0.39, 0.29) is 5.82 Å². The molecule has 0 radical (unpaired) electrons. The SMILES string of the molecule is CCNC(=NCCCOCC1CCOC1)NCCc1ccc(F)cc1. The summed E-state index contributed by atoms with van der Waals surface area (Å²) >= 11 is 0. The molecule has 1 fully saturated rings. The molecule has 0 saturated carbocycles. The fourth-order valence-electron chi connectivity index (χ4n) is 2.64. The van der Waals surface area contributed by atoms with Crippen molar-refractivity contribution in [1.82, 2.24) is 10.6 Å². The molecule has 1 saturated heterocycles. The van der Waals surface area contributed by atoms with E-state index in [1.807, 2.05) is 19.1 Å². The van der Waals surface area contributed by atoms with Gasteiger partial charge in [-0.2, -0.15) is 0 Å². The lowest BCUT2D eigenvalue weighted by Crippen LogP contribution is -2.38. The average molecular weight is 351 g/mol. The van der Waals surface area contributed by atoms with Gasteiger partial charge in [0.1, 0.15) is 5.82 Å². The lowest BCUT2D eigenvalue weighted by molar-refractivity contribution is 0.0893. The van der Waals surface area contributed by atoms with Gasteiger partial charge in [-0.25, -0.2) is 4.39 Å². The van der Waals surface area contributed by atoms with Crippen molar-refractivity contribution in [3.63, 3.8) is 0 Å². The molecule has 2 rings (SSSR count). The van der Waals surface area contributed by atoms with Crippen molar-refractivity contribution in [2.75, 3.05) is 46.1 Å². The second kappa shape index (κ2) is 11.8. The lowest BCUT2D eigenvalue weighted by atomic mass is 10.1. The van der Waals surface area contributed by atoms with Crippen LogP contribution in [0.5, 0.6) is 0 Å². The second-order valence-corrected chi connectivity index (χ2v) is 6.22. The zero-order valence-electron chi connectivity index (χ0n) is 15.1. The first-order valence-electron chi connectivity index (χ1n) is 9.20. The standard InChI is InChI=1S/C19H30FN3O2/c1-2-21-19(23-11-8-16-4-6-18(20)7-5-16)22-10-3-12-24-14-17-9-13-25-15-17/h4-7,17H,2-3,8-15H2,1H3,(H2,21,22,23). The second-order valence-electron chi connectivity index (χ2n) is 6.22. The summed E-state index contributed by atoms with van der Waals surface area (Å²) in [6.45, 7) is 7.58. The van der Waals surface area contributed by atoms with Gasteiger partial charge in [0, 0.05) is 38.8 Å². The Morgan fingerprint density at radius 3 is 2.88 bits per heavy atom. The number of hydrogen-bond acceptors (Lipinski definition) is 3. The summed E-state index contributed by atoms with van der Waals surface area (Å²) in [4.78, 5) is 4.56. The van der Waals surface area contributed by atoms with Gasteiger partial charge in [-0.3, -0.25) is 4.99 Å². The van der Waals surface area contributed by atoms with Crippen LogP contribution in [0.1, 0.15) is 25.3 Å². The van der Waals surface area contributed by atoms with Gasteiger partial charge in [-0.1, -0.05) is 12.1 Å². The van der Waals surface area contributed by atoms with E-state index in [9.17, 15) is 4.39 Å². The number of ether oxygens (including phenoxy) is 2. The quantitative estimate of drug-likeness (QED) is 0.386. The maximum Gasteiger partial charge on any atom is 0.191 e. The van der Waals surface area contributed by atoms with Crippen LogP contribution in [0.2, 0.25) is 0 Å². The van der Waals surface area contributed by atoms with Crippen LogP contribution >= 0.6 is 0 Å². The number of halogens is 1. The highest BCUT2D eigenvalue weighted by Gasteiger charge is 2.15. The zero-order valence-corrected chi connectivity index (χ0v) is 15.1. The largest absolute Gasteiger partial charge is 0.381 e. The number of aliphatic imine (C=N–C) groups is 1. The highest BCUT2D eigenvalue weighted by molar-refractivity contribution is 5.79. The summed E-state index contributed by atoms with van der Waals surface area (Å²) in [6.07, 6.45) is 2.85. The molecule has 2 N–H and O–H groups in total. The molecule has 0 bridgehead atoms. The van der Waals surface area contributed by atoms with Crippen LogP contribution in [-0.4, -0.2) is 52.0 Å². The Kier molecular flexibility index (Phi) is 9.29. The normalized spacial score (nSPS) is 17.7. The molecule has 0 spiro atoms. The first-order valence-corrected chi connectivity index (χ1v) is 9.20. The zero-order chi connectivity index (χ0) is 17.7. The molecule has 0 aromatic heterocycles. The predicted molar refractivity (Wildman–Crippen MR) is 98.4 cm³/mol. The molecule has 1 aromatic carbocycles. The molecule has 1 atom stereocenters. The fourth-order valence-corrected chi connectivity index (χ4v) is 2.64. The topological polar surface area (TPSA) is 54.9 Å². The summed E-state index contributed by atoms with van der Waals surface area (Å²) in [6, 6.07) is 6.61. The van der Waals surface area contributed by atoms with Crippen LogP contribution in [0.4, 0.5) is 4.39 Å². The van der Waals surface area contributed by atoms with Crippen molar-refractivity contribution in [2.45, 2.75) is 26.2 Å². The van der Waals surface area contributed by atoms with Gasteiger partial charge in [0.25, 0.3) is 0 Å². The number of nitrogens with one attached hydrogen (secondary N) is 2. The van der Waals surface area contributed by atoms with E-state index >= 15 is 0 Å². The molecule has 6 heteroatoms. The Morgan fingerprint density at radius 1 is 1.32 bits per heavy atom. The Bertz CT molecular complexity index is 502. The Hall–Kier alpha value is -1.66. The van der Waals surface area contributed by atoms with Crippen molar-refractivity contribution in [3.8, 4) is 0 Å². The number of hydrogen-bond donors (Lipinski definition) is 2. The van der Waals surface area contributed by atoms with E-state index in [1.54, 1.807) is 0 Å². The van der Waals surface area contributed by atoms with Gasteiger partial charge in [-0.05, 0) is 43.9 Å². The van der Waals surface area contributed by atoms with Crippen molar-refractivity contribution in [1.29, 1.82) is 0 Å². The Labute approximate surface area is 150 Å². The van der Waals surface area contributed by atoms with E-state index in [0.29, 0.717) is 5.92 Å². The monoisotopic (exact) mass is 351 g/mol. The molecule has 5 nitrogen and oxygen atoms in total. The summed E-state index contributed by atoms with van der Waals surface area (Å²) in [5.74, 6) is 1.18. The highest BCUT2D eigenvalue weighted by Crippen LogP contribution is 2.12. The molecule has 1 aliphatic heterocycles. The van der Waals surface area contributed by atoms with Gasteiger partial charge in [0.2, 0.25) is 0 Å². The van der Waals surface area contributed by atoms with Crippen molar-refractivity contribution in [3.05, 3.63) is 35.6 Å². The van der Waals surface area contributed by atoms with Crippen LogP contribution in [0.25, 0.3) is 0 Å². The molecule has 1 aliphatic rings. The highest BCUT2D eigenvalue weighted by atomic mass is 19.1. The van der Waals surface area contributed by atoms with E-state index in [1.165, 1.54) is 12.1 Å². The Balaban J connectivity index is 1.59. The summed E-state index contributed by atoms with van der Waals surface area (Å²) in [5, 5.41) is 6.54. The molecule has 0 aliphatic carbocycles. The molecular formula is C19H30FN3O2. The fraction of sp³-hybridized carbons (Fsp3) is 0.632. The summed E-state index contributed by atoms with van der Waals surface area (Å²) in [7, 11) is 0. The van der Waals surface area contributed by atoms with E-state index in [2.05, 4.69) is 15.6 Å². The van der Waals surface area contributed by atoms with Crippen molar-refractivity contribution in [2.24, 2.45) is 10.9 Å². The van der Waals surface area contributed by atoms with Gasteiger partial charge >= 0.3 is 0 Å².